The highest BCUT2D eigenvalue weighted by Gasteiger charge is 2.24. The molecule has 0 saturated carbocycles. The van der Waals surface area contributed by atoms with Gasteiger partial charge in [0.2, 0.25) is 11.8 Å². The van der Waals surface area contributed by atoms with Gasteiger partial charge in [0.1, 0.15) is 6.54 Å². The molecule has 0 spiro atoms. The lowest BCUT2D eigenvalue weighted by Gasteiger charge is -2.19. The van der Waals surface area contributed by atoms with Crippen LogP contribution in [0.1, 0.15) is 19.8 Å². The van der Waals surface area contributed by atoms with Crippen LogP contribution in [0.25, 0.3) is 11.5 Å². The molecule has 0 aliphatic carbocycles. The van der Waals surface area contributed by atoms with Crippen molar-refractivity contribution in [1.29, 1.82) is 0 Å². The van der Waals surface area contributed by atoms with Crippen molar-refractivity contribution in [3.8, 4) is 11.5 Å². The molecule has 1 aromatic heterocycles. The van der Waals surface area contributed by atoms with Gasteiger partial charge >= 0.3 is 5.76 Å². The molecule has 0 radical (unpaired) electrons. The molecule has 1 aliphatic rings. The number of amides is 1. The fraction of sp³-hybridized carbons (Fsp3) is 0.438. The third kappa shape index (κ3) is 3.68. The lowest BCUT2D eigenvalue weighted by molar-refractivity contribution is -0.123. The molecule has 2 heterocycles. The Morgan fingerprint density at radius 2 is 2.22 bits per heavy atom. The van der Waals surface area contributed by atoms with Crippen LogP contribution in [0.5, 0.6) is 0 Å². The van der Waals surface area contributed by atoms with Crippen molar-refractivity contribution in [2.45, 2.75) is 38.5 Å². The first kappa shape index (κ1) is 15.5. The third-order valence-corrected chi connectivity index (χ3v) is 3.83. The van der Waals surface area contributed by atoms with E-state index in [9.17, 15) is 9.59 Å². The van der Waals surface area contributed by atoms with Gasteiger partial charge in [0.05, 0.1) is 12.1 Å². The summed E-state index contributed by atoms with van der Waals surface area (Å²) in [6, 6.07) is 8.98. The number of nitrogens with one attached hydrogen (secondary N) is 1. The molecule has 0 bridgehead atoms. The number of carbonyl (C=O) groups is 1. The molecule has 1 amide bonds. The minimum absolute atomic E-state index is 0.0351. The van der Waals surface area contributed by atoms with Crippen LogP contribution < -0.4 is 11.1 Å². The Bertz CT molecular complexity index is 716. The van der Waals surface area contributed by atoms with Crippen molar-refractivity contribution < 1.29 is 13.9 Å². The number of hydrogen-bond acceptors (Lipinski definition) is 5. The third-order valence-electron chi connectivity index (χ3n) is 3.83. The summed E-state index contributed by atoms with van der Waals surface area (Å²) < 4.78 is 11.7. The second-order valence-corrected chi connectivity index (χ2v) is 5.60. The zero-order valence-corrected chi connectivity index (χ0v) is 12.9. The van der Waals surface area contributed by atoms with E-state index in [2.05, 4.69) is 10.4 Å². The van der Waals surface area contributed by atoms with E-state index in [0.29, 0.717) is 5.56 Å². The molecule has 1 fully saturated rings. The van der Waals surface area contributed by atoms with E-state index in [4.69, 9.17) is 9.15 Å². The smallest absolute Gasteiger partial charge is 0.388 e. The quantitative estimate of drug-likeness (QED) is 0.895. The first-order valence-corrected chi connectivity index (χ1v) is 7.68. The maximum absolute atomic E-state index is 12.1. The molecule has 122 valence electrons. The van der Waals surface area contributed by atoms with Crippen LogP contribution in [0.4, 0.5) is 0 Å². The summed E-state index contributed by atoms with van der Waals surface area (Å²) in [5.74, 6) is -0.734. The zero-order chi connectivity index (χ0) is 16.2. The predicted octanol–water partition coefficient (Wildman–Crippen LogP) is 1.19. The minimum Gasteiger partial charge on any atom is -0.388 e. The number of ether oxygens (including phenoxy) is 1. The number of aromatic nitrogens is 2. The van der Waals surface area contributed by atoms with E-state index in [1.807, 2.05) is 25.1 Å². The number of nitrogens with zero attached hydrogens (tertiary/aromatic N) is 2. The summed E-state index contributed by atoms with van der Waals surface area (Å²) in [5, 5.41) is 6.91. The van der Waals surface area contributed by atoms with E-state index >= 15 is 0 Å². The lowest BCUT2D eigenvalue weighted by Crippen LogP contribution is -2.43. The Labute approximate surface area is 133 Å². The van der Waals surface area contributed by atoms with Crippen molar-refractivity contribution in [2.24, 2.45) is 0 Å². The summed E-state index contributed by atoms with van der Waals surface area (Å²) >= 11 is 0. The molecule has 23 heavy (non-hydrogen) atoms. The van der Waals surface area contributed by atoms with Crippen LogP contribution in [-0.2, 0) is 16.1 Å². The summed E-state index contributed by atoms with van der Waals surface area (Å²) in [7, 11) is 0. The zero-order valence-electron chi connectivity index (χ0n) is 12.9. The monoisotopic (exact) mass is 317 g/mol. The van der Waals surface area contributed by atoms with Gasteiger partial charge in [-0.1, -0.05) is 18.2 Å². The van der Waals surface area contributed by atoms with Crippen LogP contribution in [0, 0.1) is 0 Å². The second kappa shape index (κ2) is 6.78. The summed E-state index contributed by atoms with van der Waals surface area (Å²) in [4.78, 5) is 23.9. The molecule has 1 aliphatic heterocycles. The van der Waals surface area contributed by atoms with Gasteiger partial charge in [0.15, 0.2) is 0 Å². The van der Waals surface area contributed by atoms with Gasteiger partial charge < -0.3 is 14.5 Å². The number of benzene rings is 1. The molecule has 1 saturated heterocycles. The molecule has 2 aromatic rings. The Hall–Kier alpha value is -2.41. The van der Waals surface area contributed by atoms with E-state index < -0.39 is 5.76 Å². The minimum atomic E-state index is -0.649. The van der Waals surface area contributed by atoms with Crippen molar-refractivity contribution in [3.05, 3.63) is 40.9 Å². The highest BCUT2D eigenvalue weighted by atomic mass is 16.5. The topological polar surface area (TPSA) is 86.4 Å². The van der Waals surface area contributed by atoms with E-state index in [1.165, 1.54) is 0 Å². The molecular weight excluding hydrogens is 298 g/mol. The largest absolute Gasteiger partial charge is 0.437 e. The normalized spacial score (nSPS) is 18.7. The van der Waals surface area contributed by atoms with Crippen LogP contribution in [0.3, 0.4) is 0 Å². The molecule has 7 nitrogen and oxygen atoms in total. The number of hydrogen-bond donors (Lipinski definition) is 1. The summed E-state index contributed by atoms with van der Waals surface area (Å²) in [5.41, 5.74) is 0.691. The van der Waals surface area contributed by atoms with Gasteiger partial charge in [0.25, 0.3) is 0 Å². The van der Waals surface area contributed by atoms with Gasteiger partial charge in [-0.25, -0.2) is 4.79 Å². The molecule has 2 atom stereocenters. The summed E-state index contributed by atoms with van der Waals surface area (Å²) in [6.45, 7) is 2.45. The fourth-order valence-corrected chi connectivity index (χ4v) is 2.63. The molecular formula is C16H19N3O4. The van der Waals surface area contributed by atoms with Gasteiger partial charge in [-0.2, -0.15) is 4.68 Å². The SMILES string of the molecule is C[C@H](NC(=O)Cn1nc(-c2ccccc2)oc1=O)[C@H]1CCCO1. The summed E-state index contributed by atoms with van der Waals surface area (Å²) in [6.07, 6.45) is 1.98. The van der Waals surface area contributed by atoms with Crippen LogP contribution in [0.2, 0.25) is 0 Å². The number of rotatable bonds is 5. The highest BCUT2D eigenvalue weighted by Crippen LogP contribution is 2.16. The van der Waals surface area contributed by atoms with E-state index in [0.717, 1.165) is 24.1 Å². The Morgan fingerprint density at radius 1 is 1.43 bits per heavy atom. The van der Waals surface area contributed by atoms with Gasteiger partial charge in [-0.15, -0.1) is 5.10 Å². The number of carbonyl (C=O) groups excluding carboxylic acids is 1. The van der Waals surface area contributed by atoms with Crippen LogP contribution >= 0.6 is 0 Å². The van der Waals surface area contributed by atoms with Gasteiger partial charge in [0, 0.05) is 12.2 Å². The predicted molar refractivity (Wildman–Crippen MR) is 82.8 cm³/mol. The average Bonchev–Trinajstić information content (AvgIpc) is 3.19. The maximum atomic E-state index is 12.1. The van der Waals surface area contributed by atoms with Crippen LogP contribution in [0.15, 0.2) is 39.5 Å². The Balaban J connectivity index is 1.64. The molecule has 1 aromatic carbocycles. The highest BCUT2D eigenvalue weighted by molar-refractivity contribution is 5.76. The molecule has 7 heteroatoms. The Kier molecular flexibility index (Phi) is 4.57. The van der Waals surface area contributed by atoms with Crippen molar-refractivity contribution in [3.63, 3.8) is 0 Å². The Morgan fingerprint density at radius 3 is 2.91 bits per heavy atom. The standard InChI is InChI=1S/C16H19N3O4/c1-11(13-8-5-9-22-13)17-14(20)10-19-16(21)23-15(18-19)12-6-3-2-4-7-12/h2-4,6-7,11,13H,5,8-10H2,1H3,(H,17,20)/t11-,13+/m0/s1. The van der Waals surface area contributed by atoms with E-state index in [1.54, 1.807) is 12.1 Å². The van der Waals surface area contributed by atoms with Crippen LogP contribution in [-0.4, -0.2) is 34.4 Å². The molecule has 1 N–H and O–H groups in total. The first-order valence-electron chi connectivity index (χ1n) is 7.68. The average molecular weight is 317 g/mol. The maximum Gasteiger partial charge on any atom is 0.437 e. The van der Waals surface area contributed by atoms with Gasteiger partial charge in [-0.3, -0.25) is 4.79 Å². The molecule has 0 unspecified atom stereocenters. The van der Waals surface area contributed by atoms with Crippen molar-refractivity contribution in [1.82, 2.24) is 15.1 Å². The van der Waals surface area contributed by atoms with Gasteiger partial charge in [-0.05, 0) is 31.9 Å². The van der Waals surface area contributed by atoms with E-state index in [-0.39, 0.29) is 30.5 Å². The van der Waals surface area contributed by atoms with Crippen molar-refractivity contribution in [2.75, 3.05) is 6.61 Å². The fourth-order valence-electron chi connectivity index (χ4n) is 2.63. The van der Waals surface area contributed by atoms with Crippen molar-refractivity contribution >= 4 is 5.91 Å². The molecule has 3 rings (SSSR count). The first-order chi connectivity index (χ1) is 11.1. The second-order valence-electron chi connectivity index (χ2n) is 5.60. The lowest BCUT2D eigenvalue weighted by atomic mass is 10.1.